The van der Waals surface area contributed by atoms with E-state index in [0.29, 0.717) is 5.75 Å². The molecule has 0 unspecified atom stereocenters. The van der Waals surface area contributed by atoms with Crippen molar-refractivity contribution < 1.29 is 23.9 Å². The van der Waals surface area contributed by atoms with Crippen LogP contribution in [0.5, 0.6) is 5.75 Å². The van der Waals surface area contributed by atoms with Crippen LogP contribution in [0.3, 0.4) is 0 Å². The van der Waals surface area contributed by atoms with E-state index in [1.807, 2.05) is 33.8 Å². The fraction of sp³-hybridized carbons (Fsp3) is 0.550. The van der Waals surface area contributed by atoms with Crippen molar-refractivity contribution in [1.29, 1.82) is 0 Å². The summed E-state index contributed by atoms with van der Waals surface area (Å²) < 4.78 is 10.5. The summed E-state index contributed by atoms with van der Waals surface area (Å²) in [4.78, 5) is 39.0. The Labute approximate surface area is 160 Å². The van der Waals surface area contributed by atoms with Gasteiger partial charge >= 0.3 is 12.1 Å². The van der Waals surface area contributed by atoms with E-state index in [4.69, 9.17) is 9.47 Å². The lowest BCUT2D eigenvalue weighted by Gasteiger charge is -2.57. The van der Waals surface area contributed by atoms with Gasteiger partial charge in [-0.25, -0.2) is 9.59 Å². The van der Waals surface area contributed by atoms with Gasteiger partial charge in [0.25, 0.3) is 0 Å². The van der Waals surface area contributed by atoms with E-state index in [1.54, 1.807) is 29.2 Å². The molecule has 1 aromatic rings. The third-order valence-corrected chi connectivity index (χ3v) is 4.80. The van der Waals surface area contributed by atoms with Gasteiger partial charge in [-0.2, -0.15) is 0 Å². The molecule has 1 fully saturated rings. The molecule has 1 N–H and O–H groups in total. The number of piperidine rings is 1. The first kappa shape index (κ1) is 20.7. The smallest absolute Gasteiger partial charge is 0.416 e. The fourth-order valence-corrected chi connectivity index (χ4v) is 4.46. The van der Waals surface area contributed by atoms with Gasteiger partial charge < -0.3 is 14.8 Å². The lowest BCUT2D eigenvalue weighted by Crippen LogP contribution is -2.73. The van der Waals surface area contributed by atoms with Crippen molar-refractivity contribution in [2.24, 2.45) is 0 Å². The maximum atomic E-state index is 13.0. The average Bonchev–Trinajstić information content (AvgIpc) is 2.51. The molecule has 0 atom stereocenters. The highest BCUT2D eigenvalue weighted by Gasteiger charge is 2.58. The summed E-state index contributed by atoms with van der Waals surface area (Å²) >= 11 is 0. The Hall–Kier alpha value is -2.57. The molecule has 7 nitrogen and oxygen atoms in total. The van der Waals surface area contributed by atoms with Crippen LogP contribution >= 0.6 is 0 Å². The van der Waals surface area contributed by atoms with E-state index in [1.165, 1.54) is 14.0 Å². The number of nitrogens with zero attached hydrogens (tertiary/aromatic N) is 1. The SMILES string of the molecule is COC(=O)C1(NC(C)=O)CC(C)(C)N(C(=O)Oc2ccccc2)C(C)(C)C1. The number of carbonyl (C=O) groups excluding carboxylic acids is 3. The molecule has 1 aliphatic rings. The third-order valence-electron chi connectivity index (χ3n) is 4.80. The van der Waals surface area contributed by atoms with Crippen LogP contribution < -0.4 is 10.1 Å². The maximum Gasteiger partial charge on any atom is 0.416 e. The molecule has 7 heteroatoms. The van der Waals surface area contributed by atoms with Crippen LogP contribution in [0, 0.1) is 0 Å². The molecule has 2 rings (SSSR count). The van der Waals surface area contributed by atoms with Gasteiger partial charge in [-0.1, -0.05) is 18.2 Å². The standard InChI is InChI=1S/C20H28N2O5/c1-14(23)21-20(16(24)26-6)12-18(2,3)22(19(4,5)13-20)17(25)27-15-10-8-7-9-11-15/h7-11H,12-13H2,1-6H3,(H,21,23). The number of hydrogen-bond donors (Lipinski definition) is 1. The summed E-state index contributed by atoms with van der Waals surface area (Å²) in [6.45, 7) is 8.75. The average molecular weight is 376 g/mol. The largest absolute Gasteiger partial charge is 0.467 e. The second-order valence-corrected chi connectivity index (χ2v) is 8.25. The third kappa shape index (κ3) is 4.23. The second-order valence-electron chi connectivity index (χ2n) is 8.25. The number of carbonyl (C=O) groups is 3. The number of benzene rings is 1. The van der Waals surface area contributed by atoms with Crippen LogP contribution in [0.4, 0.5) is 4.79 Å². The normalized spacial score (nSPS) is 19.7. The quantitative estimate of drug-likeness (QED) is 0.820. The van der Waals surface area contributed by atoms with Gasteiger partial charge in [0.15, 0.2) is 0 Å². The van der Waals surface area contributed by atoms with Crippen molar-refractivity contribution in [3.8, 4) is 5.75 Å². The van der Waals surface area contributed by atoms with Gasteiger partial charge in [0.2, 0.25) is 5.91 Å². The zero-order valence-corrected chi connectivity index (χ0v) is 16.8. The molecular formula is C20H28N2O5. The van der Waals surface area contributed by atoms with E-state index in [2.05, 4.69) is 5.32 Å². The molecule has 1 saturated heterocycles. The summed E-state index contributed by atoms with van der Waals surface area (Å²) in [5, 5.41) is 2.77. The molecule has 0 spiro atoms. The van der Waals surface area contributed by atoms with Crippen molar-refractivity contribution in [1.82, 2.24) is 10.2 Å². The molecule has 0 saturated carbocycles. The van der Waals surface area contributed by atoms with Crippen LogP contribution in [-0.4, -0.2) is 46.6 Å². The number of hydrogen-bond acceptors (Lipinski definition) is 5. The summed E-state index contributed by atoms with van der Waals surface area (Å²) in [6.07, 6.45) is -0.0865. The first-order chi connectivity index (χ1) is 12.4. The van der Waals surface area contributed by atoms with E-state index in [9.17, 15) is 14.4 Å². The maximum absolute atomic E-state index is 13.0. The Kier molecular flexibility index (Phi) is 5.54. The predicted molar refractivity (Wildman–Crippen MR) is 100 cm³/mol. The van der Waals surface area contributed by atoms with Gasteiger partial charge in [-0.15, -0.1) is 0 Å². The number of para-hydroxylation sites is 1. The van der Waals surface area contributed by atoms with E-state index < -0.39 is 28.7 Å². The lowest BCUT2D eigenvalue weighted by atomic mass is 9.69. The molecule has 148 valence electrons. The molecule has 2 amide bonds. The highest BCUT2D eigenvalue weighted by Crippen LogP contribution is 2.44. The van der Waals surface area contributed by atoms with Gasteiger partial charge in [-0.3, -0.25) is 9.69 Å². The number of likely N-dealkylation sites (tertiary alicyclic amines) is 1. The number of methoxy groups -OCH3 is 1. The topological polar surface area (TPSA) is 84.9 Å². The van der Waals surface area contributed by atoms with Crippen molar-refractivity contribution in [3.05, 3.63) is 30.3 Å². The Balaban J connectivity index is 2.39. The van der Waals surface area contributed by atoms with Crippen molar-refractivity contribution in [2.45, 2.75) is 64.1 Å². The van der Waals surface area contributed by atoms with E-state index >= 15 is 0 Å². The van der Waals surface area contributed by atoms with Crippen LogP contribution in [0.25, 0.3) is 0 Å². The zero-order chi connectivity index (χ0) is 20.5. The second kappa shape index (κ2) is 7.21. The number of esters is 1. The van der Waals surface area contributed by atoms with Gasteiger partial charge in [0.05, 0.1) is 7.11 Å². The van der Waals surface area contributed by atoms with Crippen LogP contribution in [-0.2, 0) is 14.3 Å². The molecule has 0 bridgehead atoms. The zero-order valence-electron chi connectivity index (χ0n) is 16.8. The minimum absolute atomic E-state index is 0.208. The van der Waals surface area contributed by atoms with Gasteiger partial charge in [0, 0.05) is 30.8 Å². The minimum Gasteiger partial charge on any atom is -0.467 e. The van der Waals surface area contributed by atoms with Crippen molar-refractivity contribution >= 4 is 18.0 Å². The minimum atomic E-state index is -1.21. The number of amides is 2. The molecule has 1 aromatic carbocycles. The van der Waals surface area contributed by atoms with Crippen LogP contribution in [0.1, 0.15) is 47.5 Å². The fourth-order valence-electron chi connectivity index (χ4n) is 4.46. The number of ether oxygens (including phenoxy) is 2. The highest BCUT2D eigenvalue weighted by molar-refractivity contribution is 5.88. The molecule has 0 aliphatic carbocycles. The lowest BCUT2D eigenvalue weighted by molar-refractivity contribution is -0.160. The first-order valence-electron chi connectivity index (χ1n) is 8.88. The van der Waals surface area contributed by atoms with Crippen molar-refractivity contribution in [3.63, 3.8) is 0 Å². The predicted octanol–water partition coefficient (Wildman–Crippen LogP) is 2.89. The molecule has 1 aliphatic heterocycles. The van der Waals surface area contributed by atoms with E-state index in [0.717, 1.165) is 0 Å². The monoisotopic (exact) mass is 376 g/mol. The molecule has 1 heterocycles. The summed E-state index contributed by atoms with van der Waals surface area (Å²) in [5.41, 5.74) is -2.76. The first-order valence-corrected chi connectivity index (χ1v) is 8.88. The van der Waals surface area contributed by atoms with E-state index in [-0.39, 0.29) is 18.7 Å². The Morgan fingerprint density at radius 1 is 1.00 bits per heavy atom. The summed E-state index contributed by atoms with van der Waals surface area (Å²) in [7, 11) is 1.29. The van der Waals surface area contributed by atoms with Crippen molar-refractivity contribution in [2.75, 3.05) is 7.11 Å². The van der Waals surface area contributed by atoms with Gasteiger partial charge in [-0.05, 0) is 39.8 Å². The molecule has 27 heavy (non-hydrogen) atoms. The molecule has 0 aromatic heterocycles. The van der Waals surface area contributed by atoms with Crippen LogP contribution in [0.15, 0.2) is 30.3 Å². The van der Waals surface area contributed by atoms with Gasteiger partial charge in [0.1, 0.15) is 11.3 Å². The number of rotatable bonds is 3. The highest BCUT2D eigenvalue weighted by atomic mass is 16.6. The molecular weight excluding hydrogens is 348 g/mol. The van der Waals surface area contributed by atoms with Crippen LogP contribution in [0.2, 0.25) is 0 Å². The Morgan fingerprint density at radius 2 is 1.52 bits per heavy atom. The molecule has 0 radical (unpaired) electrons. The Morgan fingerprint density at radius 3 is 1.96 bits per heavy atom. The number of nitrogens with one attached hydrogen (secondary N) is 1. The summed E-state index contributed by atoms with van der Waals surface area (Å²) in [6, 6.07) is 8.82. The summed E-state index contributed by atoms with van der Waals surface area (Å²) in [5.74, 6) is -0.400. The Bertz CT molecular complexity index is 709.